The maximum atomic E-state index is 10.8. The molecule has 5 nitrogen and oxygen atoms in total. The third-order valence-electron chi connectivity index (χ3n) is 2.24. The number of rotatable bonds is 5. The highest BCUT2D eigenvalue weighted by atomic mass is 35.5. The van der Waals surface area contributed by atoms with Crippen LogP contribution in [0.25, 0.3) is 0 Å². The zero-order valence-electron chi connectivity index (χ0n) is 9.17. The third-order valence-corrected chi connectivity index (χ3v) is 3.64. The molecule has 0 spiro atoms. The monoisotopic (exact) mass is 282 g/mol. The van der Waals surface area contributed by atoms with E-state index in [1.165, 1.54) is 18.1 Å². The van der Waals surface area contributed by atoms with Crippen molar-refractivity contribution in [1.82, 2.24) is 15.2 Å². The molecule has 0 saturated heterocycles. The van der Waals surface area contributed by atoms with Crippen LogP contribution in [0.5, 0.6) is 0 Å². The molecule has 1 heterocycles. The van der Waals surface area contributed by atoms with Crippen LogP contribution < -0.4 is 5.11 Å². The van der Waals surface area contributed by atoms with Crippen LogP contribution in [0.15, 0.2) is 35.7 Å². The summed E-state index contributed by atoms with van der Waals surface area (Å²) in [6.45, 7) is 0. The third kappa shape index (κ3) is 3.48. The van der Waals surface area contributed by atoms with Gasteiger partial charge in [0.15, 0.2) is 5.16 Å². The Morgan fingerprint density at radius 2 is 2.17 bits per heavy atom. The molecule has 7 heteroatoms. The summed E-state index contributed by atoms with van der Waals surface area (Å²) in [5, 5.41) is 18.1. The van der Waals surface area contributed by atoms with Crippen LogP contribution in [0, 0.1) is 0 Å². The molecule has 0 aliphatic carbocycles. The fourth-order valence-electron chi connectivity index (χ4n) is 1.44. The second-order valence-electron chi connectivity index (χ2n) is 3.52. The predicted octanol–water partition coefficient (Wildman–Crippen LogP) is 1.43. The number of thioether (sulfide) groups is 1. The number of benzene rings is 1. The number of aromatic nitrogens is 3. The summed E-state index contributed by atoms with van der Waals surface area (Å²) in [6.07, 6.45) is 1.27. The topological polar surface area (TPSA) is 81.7 Å². The van der Waals surface area contributed by atoms with Crippen molar-refractivity contribution >= 4 is 29.3 Å². The Balaban J connectivity index is 2.19. The minimum absolute atomic E-state index is 0.104. The second-order valence-corrected chi connectivity index (χ2v) is 5.15. The number of nitrogens with one attached hydrogen (secondary N) is 1. The van der Waals surface area contributed by atoms with Crippen LogP contribution in [0.3, 0.4) is 0 Å². The van der Waals surface area contributed by atoms with Gasteiger partial charge in [-0.2, -0.15) is 5.10 Å². The average molecular weight is 283 g/mol. The molecule has 18 heavy (non-hydrogen) atoms. The van der Waals surface area contributed by atoms with Crippen LogP contribution in [0.1, 0.15) is 17.2 Å². The van der Waals surface area contributed by atoms with Crippen molar-refractivity contribution in [3.05, 3.63) is 41.2 Å². The Labute approximate surface area is 113 Å². The highest BCUT2D eigenvalue weighted by molar-refractivity contribution is 7.99. The Morgan fingerprint density at radius 1 is 1.44 bits per heavy atom. The Hall–Kier alpha value is -1.53. The van der Waals surface area contributed by atoms with Gasteiger partial charge in [-0.25, -0.2) is 4.98 Å². The quantitative estimate of drug-likeness (QED) is 0.839. The molecule has 0 fully saturated rings. The van der Waals surface area contributed by atoms with Crippen molar-refractivity contribution in [2.24, 2.45) is 0 Å². The van der Waals surface area contributed by atoms with Crippen molar-refractivity contribution in [3.63, 3.8) is 0 Å². The van der Waals surface area contributed by atoms with Crippen LogP contribution in [-0.2, 0) is 4.79 Å². The van der Waals surface area contributed by atoms with E-state index in [4.69, 9.17) is 11.6 Å². The van der Waals surface area contributed by atoms with Gasteiger partial charge < -0.3 is 9.90 Å². The Bertz CT molecular complexity index is 516. The number of H-pyrrole nitrogens is 1. The Morgan fingerprint density at radius 3 is 2.72 bits per heavy atom. The highest BCUT2D eigenvalue weighted by Gasteiger charge is 2.15. The number of carboxylic acids is 1. The first-order chi connectivity index (χ1) is 8.65. The van der Waals surface area contributed by atoms with E-state index in [1.807, 2.05) is 0 Å². The van der Waals surface area contributed by atoms with Gasteiger partial charge in [-0.1, -0.05) is 35.5 Å². The first kappa shape index (κ1) is 12.9. The summed E-state index contributed by atoms with van der Waals surface area (Å²) < 4.78 is 0. The lowest BCUT2D eigenvalue weighted by atomic mass is 10.1. The van der Waals surface area contributed by atoms with Crippen molar-refractivity contribution in [2.75, 3.05) is 0 Å². The zero-order chi connectivity index (χ0) is 13.0. The lowest BCUT2D eigenvalue weighted by Gasteiger charge is -2.16. The van der Waals surface area contributed by atoms with E-state index in [9.17, 15) is 9.90 Å². The van der Waals surface area contributed by atoms with Crippen LogP contribution >= 0.6 is 23.4 Å². The molecule has 0 aliphatic heterocycles. The highest BCUT2D eigenvalue weighted by Crippen LogP contribution is 2.35. The van der Waals surface area contributed by atoms with E-state index in [1.54, 1.807) is 24.3 Å². The van der Waals surface area contributed by atoms with E-state index in [-0.39, 0.29) is 11.7 Å². The lowest BCUT2D eigenvalue weighted by Crippen LogP contribution is -2.23. The molecule has 0 saturated carbocycles. The number of aromatic amines is 1. The van der Waals surface area contributed by atoms with Gasteiger partial charge in [0.05, 0.1) is 0 Å². The molecule has 1 aromatic carbocycles. The molecule has 1 aromatic heterocycles. The zero-order valence-corrected chi connectivity index (χ0v) is 10.7. The van der Waals surface area contributed by atoms with Gasteiger partial charge in [0, 0.05) is 22.7 Å². The maximum Gasteiger partial charge on any atom is 0.183 e. The van der Waals surface area contributed by atoms with Crippen molar-refractivity contribution < 1.29 is 9.90 Å². The van der Waals surface area contributed by atoms with Crippen LogP contribution in [0.2, 0.25) is 5.02 Å². The molecule has 2 rings (SSSR count). The molecule has 1 N–H and O–H groups in total. The molecule has 2 aromatic rings. The summed E-state index contributed by atoms with van der Waals surface area (Å²) in [5.41, 5.74) is 0.852. The van der Waals surface area contributed by atoms with Crippen molar-refractivity contribution in [3.8, 4) is 0 Å². The fourth-order valence-corrected chi connectivity index (χ4v) is 2.56. The number of nitrogens with zero attached hydrogens (tertiary/aromatic N) is 2. The van der Waals surface area contributed by atoms with E-state index in [0.717, 1.165) is 5.56 Å². The molecule has 0 unspecified atom stereocenters. The second kappa shape index (κ2) is 5.88. The smallest absolute Gasteiger partial charge is 0.183 e. The molecule has 0 amide bonds. The first-order valence-corrected chi connectivity index (χ1v) is 6.38. The van der Waals surface area contributed by atoms with E-state index >= 15 is 0 Å². The molecule has 0 radical (unpaired) electrons. The first-order valence-electron chi connectivity index (χ1n) is 5.12. The number of hydrogen-bond donors (Lipinski definition) is 1. The van der Waals surface area contributed by atoms with Crippen LogP contribution in [0.4, 0.5) is 0 Å². The molecule has 0 aliphatic rings. The normalized spacial score (nSPS) is 12.3. The van der Waals surface area contributed by atoms with Gasteiger partial charge in [-0.15, -0.1) is 0 Å². The van der Waals surface area contributed by atoms with E-state index in [2.05, 4.69) is 15.2 Å². The SMILES string of the molecule is O=C([O-])C[C@@H](Sc1ncn[nH]1)c1ccc(Cl)cc1. The predicted molar refractivity (Wildman–Crippen MR) is 66.1 cm³/mol. The molecule has 0 bridgehead atoms. The lowest BCUT2D eigenvalue weighted by molar-refractivity contribution is -0.305. The minimum atomic E-state index is -1.11. The largest absolute Gasteiger partial charge is 0.550 e. The Kier molecular flexibility index (Phi) is 4.22. The number of carbonyl (C=O) groups is 1. The average Bonchev–Trinajstić information content (AvgIpc) is 2.81. The number of hydrogen-bond acceptors (Lipinski definition) is 5. The van der Waals surface area contributed by atoms with Gasteiger partial charge in [-0.3, -0.25) is 5.10 Å². The van der Waals surface area contributed by atoms with Gasteiger partial charge in [0.1, 0.15) is 6.33 Å². The fraction of sp³-hybridized carbons (Fsp3) is 0.182. The van der Waals surface area contributed by atoms with E-state index < -0.39 is 5.97 Å². The minimum Gasteiger partial charge on any atom is -0.550 e. The van der Waals surface area contributed by atoms with E-state index in [0.29, 0.717) is 10.2 Å². The molecule has 1 atom stereocenters. The molecular weight excluding hydrogens is 274 g/mol. The summed E-state index contributed by atoms with van der Waals surface area (Å²) in [6, 6.07) is 7.03. The maximum absolute atomic E-state index is 10.8. The standard InChI is InChI=1S/C11H10ClN3O2S/c12-8-3-1-7(2-4-8)9(5-10(16)17)18-11-13-6-14-15-11/h1-4,6,9H,5H2,(H,16,17)(H,13,14,15)/p-1/t9-/m1/s1. The number of halogens is 1. The number of carboxylic acid groups (broad SMARTS) is 1. The molecule has 94 valence electrons. The van der Waals surface area contributed by atoms with Gasteiger partial charge >= 0.3 is 0 Å². The van der Waals surface area contributed by atoms with Crippen LogP contribution in [-0.4, -0.2) is 21.2 Å². The molecular formula is C11H9ClN3O2S-. The summed E-state index contributed by atoms with van der Waals surface area (Å²) in [7, 11) is 0. The number of carbonyl (C=O) groups excluding carboxylic acids is 1. The summed E-state index contributed by atoms with van der Waals surface area (Å²) in [5.74, 6) is -1.11. The van der Waals surface area contributed by atoms with Gasteiger partial charge in [0.2, 0.25) is 0 Å². The summed E-state index contributed by atoms with van der Waals surface area (Å²) >= 11 is 7.09. The van der Waals surface area contributed by atoms with Crippen molar-refractivity contribution in [2.45, 2.75) is 16.8 Å². The number of aliphatic carboxylic acids is 1. The van der Waals surface area contributed by atoms with Gasteiger partial charge in [-0.05, 0) is 17.7 Å². The van der Waals surface area contributed by atoms with Crippen molar-refractivity contribution in [1.29, 1.82) is 0 Å². The van der Waals surface area contributed by atoms with Gasteiger partial charge in [0.25, 0.3) is 0 Å². The summed E-state index contributed by atoms with van der Waals surface area (Å²) in [4.78, 5) is 14.7.